The molecule has 6 aromatic carbocycles. The summed E-state index contributed by atoms with van der Waals surface area (Å²) >= 11 is 0. The third-order valence-corrected chi connectivity index (χ3v) is 12.8. The van der Waals surface area contributed by atoms with Gasteiger partial charge in [-0.2, -0.15) is 0 Å². The average molecular weight is 695 g/mol. The summed E-state index contributed by atoms with van der Waals surface area (Å²) in [6.45, 7) is 0. The molecule has 2 nitrogen and oxygen atoms in total. The summed E-state index contributed by atoms with van der Waals surface area (Å²) in [6.07, 6.45) is 25.5. The van der Waals surface area contributed by atoms with E-state index in [1.807, 2.05) is 12.1 Å². The molecule has 7 aromatic rings. The third kappa shape index (κ3) is 4.59. The maximum Gasteiger partial charge on any atom is 0.136 e. The summed E-state index contributed by atoms with van der Waals surface area (Å²) in [5.74, 6) is 2.74. The number of rotatable bonds is 3. The predicted molar refractivity (Wildman–Crippen MR) is 225 cm³/mol. The van der Waals surface area contributed by atoms with Crippen LogP contribution in [0.25, 0.3) is 65.4 Å². The monoisotopic (exact) mass is 694 g/mol. The van der Waals surface area contributed by atoms with Crippen molar-refractivity contribution in [3.05, 3.63) is 185 Å². The van der Waals surface area contributed by atoms with Gasteiger partial charge in [0.2, 0.25) is 0 Å². The highest BCUT2D eigenvalue weighted by atomic mass is 16.5. The van der Waals surface area contributed by atoms with Gasteiger partial charge in [0, 0.05) is 22.3 Å². The highest BCUT2D eigenvalue weighted by molar-refractivity contribution is 6.16. The lowest BCUT2D eigenvalue weighted by Crippen LogP contribution is -2.14. The molecule has 1 aliphatic heterocycles. The zero-order valence-corrected chi connectivity index (χ0v) is 30.1. The van der Waals surface area contributed by atoms with Crippen molar-refractivity contribution in [2.45, 2.75) is 44.4 Å². The SMILES string of the molecule is C1=CCCC(C2=CC3=CC=C(c4c5ccccc5c(C5=CC=C6Oc7cc8cc9oc%10ccccc%10c9cc8cc7C6C5)c5ccccc45)CC3CC2)=C1. The molecule has 258 valence electrons. The molecule has 2 heterocycles. The number of ether oxygens (including phenoxy) is 1. The maximum atomic E-state index is 6.59. The zero-order chi connectivity index (χ0) is 35.3. The van der Waals surface area contributed by atoms with Gasteiger partial charge >= 0.3 is 0 Å². The van der Waals surface area contributed by atoms with E-state index < -0.39 is 0 Å². The average Bonchev–Trinajstić information content (AvgIpc) is 3.77. The molecule has 0 bridgehead atoms. The lowest BCUT2D eigenvalue weighted by molar-refractivity contribution is 0.427. The van der Waals surface area contributed by atoms with E-state index in [9.17, 15) is 0 Å². The number of benzene rings is 6. The van der Waals surface area contributed by atoms with Gasteiger partial charge in [0.15, 0.2) is 0 Å². The second-order valence-corrected chi connectivity index (χ2v) is 15.8. The molecule has 54 heavy (non-hydrogen) atoms. The predicted octanol–water partition coefficient (Wildman–Crippen LogP) is 14.2. The number of furan rings is 1. The fourth-order valence-corrected chi connectivity index (χ4v) is 10.2. The van der Waals surface area contributed by atoms with Crippen molar-refractivity contribution < 1.29 is 9.15 Å². The van der Waals surface area contributed by atoms with Crippen LogP contribution in [0.5, 0.6) is 5.75 Å². The minimum atomic E-state index is 0.174. The summed E-state index contributed by atoms with van der Waals surface area (Å²) in [7, 11) is 0. The Balaban J connectivity index is 0.954. The van der Waals surface area contributed by atoms with E-state index in [0.717, 1.165) is 58.1 Å². The van der Waals surface area contributed by atoms with Gasteiger partial charge in [-0.25, -0.2) is 0 Å². The van der Waals surface area contributed by atoms with E-state index in [-0.39, 0.29) is 5.92 Å². The van der Waals surface area contributed by atoms with Gasteiger partial charge in [0.05, 0.1) is 0 Å². The van der Waals surface area contributed by atoms with Crippen molar-refractivity contribution in [1.29, 1.82) is 0 Å². The molecule has 0 N–H and O–H groups in total. The first-order valence-electron chi connectivity index (χ1n) is 19.6. The molecule has 2 heteroatoms. The van der Waals surface area contributed by atoms with Crippen molar-refractivity contribution in [3.8, 4) is 5.75 Å². The normalized spacial score (nSPS) is 20.5. The Morgan fingerprint density at radius 2 is 1.24 bits per heavy atom. The first kappa shape index (κ1) is 30.4. The van der Waals surface area contributed by atoms with Crippen LogP contribution in [-0.2, 0) is 0 Å². The van der Waals surface area contributed by atoms with Gasteiger partial charge in [0.1, 0.15) is 22.7 Å². The Morgan fingerprint density at radius 1 is 0.537 bits per heavy atom. The Bertz CT molecular complexity index is 2960. The Kier molecular flexibility index (Phi) is 6.57. The summed E-state index contributed by atoms with van der Waals surface area (Å²) < 4.78 is 12.8. The number of fused-ring (bicyclic) bond motifs is 10. The molecule has 2 unspecified atom stereocenters. The van der Waals surface area contributed by atoms with Crippen molar-refractivity contribution >= 4 is 65.4 Å². The molecular formula is C52H38O2. The lowest BCUT2D eigenvalue weighted by atomic mass is 9.74. The molecule has 0 radical (unpaired) electrons. The molecule has 0 amide bonds. The van der Waals surface area contributed by atoms with Crippen LogP contribution >= 0.6 is 0 Å². The molecule has 5 aliphatic rings. The van der Waals surface area contributed by atoms with Crippen LogP contribution in [0.15, 0.2) is 173 Å². The first-order valence-corrected chi connectivity index (χ1v) is 19.6. The topological polar surface area (TPSA) is 22.4 Å². The van der Waals surface area contributed by atoms with E-state index in [2.05, 4.69) is 134 Å². The van der Waals surface area contributed by atoms with Crippen molar-refractivity contribution in [3.63, 3.8) is 0 Å². The highest BCUT2D eigenvalue weighted by Gasteiger charge is 2.34. The van der Waals surface area contributed by atoms with Gasteiger partial charge in [-0.15, -0.1) is 0 Å². The molecule has 2 atom stereocenters. The minimum absolute atomic E-state index is 0.174. The van der Waals surface area contributed by atoms with Crippen molar-refractivity contribution in [2.24, 2.45) is 5.92 Å². The summed E-state index contributed by atoms with van der Waals surface area (Å²) in [5, 5.41) is 10.0. The summed E-state index contributed by atoms with van der Waals surface area (Å²) in [5.41, 5.74) is 13.3. The van der Waals surface area contributed by atoms with Crippen LogP contribution in [0.4, 0.5) is 0 Å². The summed E-state index contributed by atoms with van der Waals surface area (Å²) in [6, 6.07) is 35.6. The van der Waals surface area contributed by atoms with Crippen molar-refractivity contribution in [2.75, 3.05) is 0 Å². The number of hydrogen-bond donors (Lipinski definition) is 0. The number of hydrogen-bond acceptors (Lipinski definition) is 2. The molecule has 4 aliphatic carbocycles. The van der Waals surface area contributed by atoms with E-state index in [1.54, 1.807) is 5.57 Å². The van der Waals surface area contributed by atoms with Crippen LogP contribution < -0.4 is 4.74 Å². The lowest BCUT2D eigenvalue weighted by Gasteiger charge is -2.31. The minimum Gasteiger partial charge on any atom is -0.461 e. The highest BCUT2D eigenvalue weighted by Crippen LogP contribution is 2.52. The van der Waals surface area contributed by atoms with Crippen molar-refractivity contribution in [1.82, 2.24) is 0 Å². The van der Waals surface area contributed by atoms with Gasteiger partial charge in [-0.3, -0.25) is 0 Å². The molecular weight excluding hydrogens is 657 g/mol. The van der Waals surface area contributed by atoms with Gasteiger partial charge in [-0.05, 0) is 152 Å². The molecule has 0 saturated heterocycles. The summed E-state index contributed by atoms with van der Waals surface area (Å²) in [4.78, 5) is 0. The quantitative estimate of drug-likeness (QED) is 0.172. The second-order valence-electron chi connectivity index (χ2n) is 15.8. The Hall–Kier alpha value is -6.12. The fourth-order valence-electron chi connectivity index (χ4n) is 10.2. The second kappa shape index (κ2) is 11.7. The van der Waals surface area contributed by atoms with Gasteiger partial charge in [0.25, 0.3) is 0 Å². The number of para-hydroxylation sites is 1. The molecule has 0 saturated carbocycles. The van der Waals surface area contributed by atoms with Crippen LogP contribution in [0.2, 0.25) is 0 Å². The van der Waals surface area contributed by atoms with E-state index in [0.29, 0.717) is 5.92 Å². The maximum absolute atomic E-state index is 6.59. The van der Waals surface area contributed by atoms with E-state index >= 15 is 0 Å². The van der Waals surface area contributed by atoms with E-state index in [1.165, 1.54) is 85.2 Å². The number of allylic oxidation sites excluding steroid dienone is 14. The van der Waals surface area contributed by atoms with Gasteiger partial charge < -0.3 is 9.15 Å². The zero-order valence-electron chi connectivity index (χ0n) is 30.1. The van der Waals surface area contributed by atoms with Crippen LogP contribution in [0.1, 0.15) is 61.1 Å². The molecule has 0 fully saturated rings. The third-order valence-electron chi connectivity index (χ3n) is 12.8. The largest absolute Gasteiger partial charge is 0.461 e. The smallest absolute Gasteiger partial charge is 0.136 e. The van der Waals surface area contributed by atoms with Gasteiger partial charge in [-0.1, -0.05) is 109 Å². The molecule has 0 spiro atoms. The Morgan fingerprint density at radius 3 is 2.00 bits per heavy atom. The van der Waals surface area contributed by atoms with Crippen LogP contribution in [0.3, 0.4) is 0 Å². The van der Waals surface area contributed by atoms with E-state index in [4.69, 9.17) is 9.15 Å². The standard InChI is InChI=1S/C52H38O2/c1-2-10-31(11-3-1)32-18-19-34-25-35(21-20-33(34)24-32)51-40-13-4-6-15-42(40)52(43-16-7-5-14-41(43)51)36-22-23-48-45(26-36)46-28-37-27-44-39-12-8-9-17-47(39)53-49(44)29-38(37)30-50(46)54-48/h1-2,4-10,12-17,20-24,27-30,34,45H,3,11,18-19,25-26H2. The first-order chi connectivity index (χ1) is 26.7. The molecule has 1 aromatic heterocycles. The fraction of sp³-hybridized carbons (Fsp3) is 0.154. The van der Waals surface area contributed by atoms with Crippen LogP contribution in [0, 0.1) is 5.92 Å². The van der Waals surface area contributed by atoms with Crippen LogP contribution in [-0.4, -0.2) is 0 Å². The Labute approximate surface area is 314 Å². The molecule has 12 rings (SSSR count).